The monoisotopic (exact) mass is 241 g/mol. The summed E-state index contributed by atoms with van der Waals surface area (Å²) >= 11 is 3.33. The summed E-state index contributed by atoms with van der Waals surface area (Å²) in [6.07, 6.45) is 0.414. The van der Waals surface area contributed by atoms with Crippen LogP contribution in [0.4, 0.5) is 0 Å². The summed E-state index contributed by atoms with van der Waals surface area (Å²) < 4.78 is 0.929. The summed E-state index contributed by atoms with van der Waals surface area (Å²) in [5.74, 6) is 0.112. The highest BCUT2D eigenvalue weighted by Crippen LogP contribution is 2.17. The van der Waals surface area contributed by atoms with Crippen molar-refractivity contribution in [2.75, 3.05) is 6.54 Å². The lowest BCUT2D eigenvalue weighted by Gasteiger charge is -2.03. The molecule has 2 nitrogen and oxygen atoms in total. The highest BCUT2D eigenvalue weighted by atomic mass is 79.9. The van der Waals surface area contributed by atoms with Gasteiger partial charge in [0.1, 0.15) is 0 Å². The van der Waals surface area contributed by atoms with Crippen LogP contribution in [-0.4, -0.2) is 12.3 Å². The number of hydrogen-bond acceptors (Lipinski definition) is 2. The number of ketones is 1. The summed E-state index contributed by atoms with van der Waals surface area (Å²) in [6, 6.07) is 5.69. The van der Waals surface area contributed by atoms with E-state index in [1.807, 2.05) is 25.1 Å². The molecular formula is C10H12BrNO. The van der Waals surface area contributed by atoms with Gasteiger partial charge in [-0.25, -0.2) is 0 Å². The smallest absolute Gasteiger partial charge is 0.164 e. The van der Waals surface area contributed by atoms with Crippen LogP contribution in [0.5, 0.6) is 0 Å². The van der Waals surface area contributed by atoms with Crippen LogP contribution in [0.1, 0.15) is 22.3 Å². The Morgan fingerprint density at radius 2 is 2.23 bits per heavy atom. The molecule has 0 radical (unpaired) electrons. The zero-order chi connectivity index (χ0) is 9.84. The molecule has 2 N–H and O–H groups in total. The Bertz CT molecular complexity index is 323. The number of aryl methyl sites for hydroxylation is 1. The molecule has 0 fully saturated rings. The number of hydrogen-bond donors (Lipinski definition) is 1. The predicted octanol–water partition coefficient (Wildman–Crippen LogP) is 2.29. The lowest BCUT2D eigenvalue weighted by Crippen LogP contribution is -2.09. The first-order valence-corrected chi connectivity index (χ1v) is 4.94. The molecule has 0 spiro atoms. The fourth-order valence-electron chi connectivity index (χ4n) is 1.16. The minimum absolute atomic E-state index is 0.112. The second-order valence-corrected chi connectivity index (χ2v) is 3.84. The molecule has 1 aromatic carbocycles. The largest absolute Gasteiger partial charge is 0.330 e. The first-order chi connectivity index (χ1) is 6.15. The van der Waals surface area contributed by atoms with E-state index in [1.54, 1.807) is 0 Å². The minimum Gasteiger partial charge on any atom is -0.330 e. The molecule has 70 valence electrons. The van der Waals surface area contributed by atoms with Crippen molar-refractivity contribution < 1.29 is 4.79 Å². The maximum Gasteiger partial charge on any atom is 0.164 e. The summed E-state index contributed by atoms with van der Waals surface area (Å²) in [5, 5.41) is 0. The fraction of sp³-hybridized carbons (Fsp3) is 0.300. The van der Waals surface area contributed by atoms with Crippen LogP contribution in [-0.2, 0) is 0 Å². The van der Waals surface area contributed by atoms with E-state index in [1.165, 1.54) is 0 Å². The standard InChI is InChI=1S/C10H12BrNO/c1-7-2-3-8(11)6-9(7)10(13)4-5-12/h2-3,6H,4-5,12H2,1H3. The van der Waals surface area contributed by atoms with Crippen molar-refractivity contribution >= 4 is 21.7 Å². The fourth-order valence-corrected chi connectivity index (χ4v) is 1.52. The summed E-state index contributed by atoms with van der Waals surface area (Å²) in [6.45, 7) is 2.33. The zero-order valence-electron chi connectivity index (χ0n) is 7.51. The molecule has 0 aliphatic rings. The number of carbonyl (C=O) groups is 1. The van der Waals surface area contributed by atoms with Gasteiger partial charge in [-0.3, -0.25) is 4.79 Å². The van der Waals surface area contributed by atoms with Gasteiger partial charge in [-0.2, -0.15) is 0 Å². The molecule has 13 heavy (non-hydrogen) atoms. The molecule has 0 unspecified atom stereocenters. The molecule has 0 saturated heterocycles. The SMILES string of the molecule is Cc1ccc(Br)cc1C(=O)CCN. The Hall–Kier alpha value is -0.670. The molecule has 1 rings (SSSR count). The maximum atomic E-state index is 11.5. The first kappa shape index (κ1) is 10.4. The normalized spacial score (nSPS) is 10.1. The Balaban J connectivity index is 2.99. The molecule has 0 aliphatic heterocycles. The third-order valence-corrected chi connectivity index (χ3v) is 2.36. The van der Waals surface area contributed by atoms with E-state index in [4.69, 9.17) is 5.73 Å². The predicted molar refractivity (Wildman–Crippen MR) is 56.9 cm³/mol. The zero-order valence-corrected chi connectivity index (χ0v) is 9.10. The molecule has 0 aliphatic carbocycles. The van der Waals surface area contributed by atoms with Gasteiger partial charge >= 0.3 is 0 Å². The number of halogens is 1. The van der Waals surface area contributed by atoms with Crippen LogP contribution < -0.4 is 5.73 Å². The van der Waals surface area contributed by atoms with E-state index < -0.39 is 0 Å². The molecule has 0 aromatic heterocycles. The van der Waals surface area contributed by atoms with Gasteiger partial charge in [-0.15, -0.1) is 0 Å². The van der Waals surface area contributed by atoms with E-state index in [0.717, 1.165) is 15.6 Å². The van der Waals surface area contributed by atoms with Gasteiger partial charge in [0.05, 0.1) is 0 Å². The number of carbonyl (C=O) groups excluding carboxylic acids is 1. The third-order valence-electron chi connectivity index (χ3n) is 1.87. The average molecular weight is 242 g/mol. The van der Waals surface area contributed by atoms with E-state index >= 15 is 0 Å². The molecule has 0 atom stereocenters. The molecule has 0 heterocycles. The van der Waals surface area contributed by atoms with Crippen molar-refractivity contribution in [3.05, 3.63) is 33.8 Å². The van der Waals surface area contributed by atoms with Crippen molar-refractivity contribution in [1.29, 1.82) is 0 Å². The van der Waals surface area contributed by atoms with Gasteiger partial charge in [0.2, 0.25) is 0 Å². The van der Waals surface area contributed by atoms with Gasteiger partial charge in [0.15, 0.2) is 5.78 Å². The second kappa shape index (κ2) is 4.53. The van der Waals surface area contributed by atoms with Crippen molar-refractivity contribution in [2.45, 2.75) is 13.3 Å². The molecule has 3 heteroatoms. The summed E-state index contributed by atoms with van der Waals surface area (Å²) in [4.78, 5) is 11.5. The van der Waals surface area contributed by atoms with Crippen LogP contribution in [0.2, 0.25) is 0 Å². The van der Waals surface area contributed by atoms with Crippen LogP contribution in [0.15, 0.2) is 22.7 Å². The van der Waals surface area contributed by atoms with E-state index in [2.05, 4.69) is 15.9 Å². The Labute approximate surface area is 86.3 Å². The van der Waals surface area contributed by atoms with Crippen molar-refractivity contribution in [3.8, 4) is 0 Å². The summed E-state index contributed by atoms with van der Waals surface area (Å²) in [5.41, 5.74) is 7.09. The molecule has 0 bridgehead atoms. The van der Waals surface area contributed by atoms with E-state index in [9.17, 15) is 4.79 Å². The highest BCUT2D eigenvalue weighted by Gasteiger charge is 2.07. The van der Waals surface area contributed by atoms with Gasteiger partial charge in [0, 0.05) is 16.5 Å². The van der Waals surface area contributed by atoms with E-state index in [0.29, 0.717) is 13.0 Å². The van der Waals surface area contributed by atoms with Gasteiger partial charge in [0.25, 0.3) is 0 Å². The molecular weight excluding hydrogens is 230 g/mol. The maximum absolute atomic E-state index is 11.5. The van der Waals surface area contributed by atoms with Crippen molar-refractivity contribution in [2.24, 2.45) is 5.73 Å². The topological polar surface area (TPSA) is 43.1 Å². The molecule has 1 aromatic rings. The average Bonchev–Trinajstić information content (AvgIpc) is 2.09. The lowest BCUT2D eigenvalue weighted by molar-refractivity contribution is 0.0985. The number of rotatable bonds is 3. The summed E-state index contributed by atoms with van der Waals surface area (Å²) in [7, 11) is 0. The number of nitrogens with two attached hydrogens (primary N) is 1. The van der Waals surface area contributed by atoms with Gasteiger partial charge in [-0.1, -0.05) is 22.0 Å². The first-order valence-electron chi connectivity index (χ1n) is 4.14. The Morgan fingerprint density at radius 1 is 1.54 bits per heavy atom. The minimum atomic E-state index is 0.112. The quantitative estimate of drug-likeness (QED) is 0.826. The van der Waals surface area contributed by atoms with Gasteiger partial charge in [-0.05, 0) is 31.2 Å². The third kappa shape index (κ3) is 2.64. The lowest BCUT2D eigenvalue weighted by atomic mass is 10.0. The second-order valence-electron chi connectivity index (χ2n) is 2.92. The van der Waals surface area contributed by atoms with Crippen molar-refractivity contribution in [1.82, 2.24) is 0 Å². The van der Waals surface area contributed by atoms with E-state index in [-0.39, 0.29) is 5.78 Å². The van der Waals surface area contributed by atoms with Gasteiger partial charge < -0.3 is 5.73 Å². The Kier molecular flexibility index (Phi) is 3.63. The van der Waals surface area contributed by atoms with Crippen LogP contribution in [0, 0.1) is 6.92 Å². The van der Waals surface area contributed by atoms with Crippen molar-refractivity contribution in [3.63, 3.8) is 0 Å². The van der Waals surface area contributed by atoms with Crippen LogP contribution >= 0.6 is 15.9 Å². The Morgan fingerprint density at radius 3 is 2.85 bits per heavy atom. The highest BCUT2D eigenvalue weighted by molar-refractivity contribution is 9.10. The number of Topliss-reactive ketones (excluding diaryl/α,β-unsaturated/α-hetero) is 1. The molecule has 0 saturated carbocycles. The number of benzene rings is 1. The van der Waals surface area contributed by atoms with Crippen LogP contribution in [0.3, 0.4) is 0 Å². The molecule has 0 amide bonds. The van der Waals surface area contributed by atoms with Crippen LogP contribution in [0.25, 0.3) is 0 Å².